The fourth-order valence-corrected chi connectivity index (χ4v) is 3.40. The third kappa shape index (κ3) is 2.06. The summed E-state index contributed by atoms with van der Waals surface area (Å²) in [5.74, 6) is 0. The largest absolute Gasteiger partial charge is 0.324 e. The molecule has 2 N–H and O–H groups in total. The molecule has 1 aliphatic carbocycles. The Labute approximate surface area is 123 Å². The number of hydrogen-bond donors (Lipinski definition) is 1. The van der Waals surface area contributed by atoms with E-state index in [1.165, 1.54) is 11.1 Å². The van der Waals surface area contributed by atoms with E-state index in [0.717, 1.165) is 34.6 Å². The summed E-state index contributed by atoms with van der Waals surface area (Å²) in [6, 6.07) is 10.2. The van der Waals surface area contributed by atoms with Gasteiger partial charge < -0.3 is 5.73 Å². The molecular formula is C16H15Cl2N. The third-order valence-electron chi connectivity index (χ3n) is 3.87. The molecule has 0 saturated carbocycles. The Kier molecular flexibility index (Phi) is 3.30. The molecule has 98 valence electrons. The van der Waals surface area contributed by atoms with Crippen molar-refractivity contribution in [2.45, 2.75) is 25.8 Å². The van der Waals surface area contributed by atoms with Gasteiger partial charge >= 0.3 is 0 Å². The summed E-state index contributed by atoms with van der Waals surface area (Å²) < 4.78 is 0. The van der Waals surface area contributed by atoms with Crippen molar-refractivity contribution in [3.8, 4) is 11.1 Å². The average Bonchev–Trinajstić information content (AvgIpc) is 2.78. The van der Waals surface area contributed by atoms with Gasteiger partial charge in [-0.1, -0.05) is 47.5 Å². The molecule has 0 amide bonds. The van der Waals surface area contributed by atoms with Gasteiger partial charge in [0.05, 0.1) is 5.02 Å². The fourth-order valence-electron chi connectivity index (χ4n) is 2.82. The monoisotopic (exact) mass is 291 g/mol. The van der Waals surface area contributed by atoms with Crippen LogP contribution in [0.25, 0.3) is 11.1 Å². The summed E-state index contributed by atoms with van der Waals surface area (Å²) in [4.78, 5) is 0. The number of aryl methyl sites for hydroxylation is 1. The van der Waals surface area contributed by atoms with E-state index in [1.54, 1.807) is 0 Å². The molecule has 0 fully saturated rings. The molecule has 0 spiro atoms. The lowest BCUT2D eigenvalue weighted by atomic mass is 9.95. The van der Waals surface area contributed by atoms with Crippen LogP contribution in [0.3, 0.4) is 0 Å². The summed E-state index contributed by atoms with van der Waals surface area (Å²) in [6.07, 6.45) is 1.99. The maximum atomic E-state index is 6.46. The molecule has 2 aromatic carbocycles. The second-order valence-corrected chi connectivity index (χ2v) is 5.86. The second-order valence-electron chi connectivity index (χ2n) is 5.07. The molecule has 3 heteroatoms. The van der Waals surface area contributed by atoms with Crippen LogP contribution in [-0.4, -0.2) is 0 Å². The van der Waals surface area contributed by atoms with Crippen LogP contribution >= 0.6 is 23.2 Å². The van der Waals surface area contributed by atoms with Crippen molar-refractivity contribution in [2.75, 3.05) is 0 Å². The Morgan fingerprint density at radius 3 is 2.74 bits per heavy atom. The van der Waals surface area contributed by atoms with E-state index in [-0.39, 0.29) is 6.04 Å². The zero-order valence-electron chi connectivity index (χ0n) is 10.7. The predicted molar refractivity (Wildman–Crippen MR) is 81.9 cm³/mol. The molecule has 0 bridgehead atoms. The molecule has 1 nitrogen and oxygen atoms in total. The molecule has 1 atom stereocenters. The number of benzene rings is 2. The minimum atomic E-state index is 0.136. The first-order chi connectivity index (χ1) is 9.09. The van der Waals surface area contributed by atoms with E-state index in [2.05, 4.69) is 12.1 Å². The van der Waals surface area contributed by atoms with Gasteiger partial charge in [-0.15, -0.1) is 0 Å². The number of hydrogen-bond acceptors (Lipinski definition) is 1. The van der Waals surface area contributed by atoms with Gasteiger partial charge in [0.1, 0.15) is 0 Å². The van der Waals surface area contributed by atoms with E-state index < -0.39 is 0 Å². The maximum Gasteiger partial charge on any atom is 0.0528 e. The number of rotatable bonds is 1. The Balaban J connectivity index is 2.28. The van der Waals surface area contributed by atoms with Gasteiger partial charge in [-0.2, -0.15) is 0 Å². The van der Waals surface area contributed by atoms with Crippen LogP contribution in [0.4, 0.5) is 0 Å². The molecule has 0 aliphatic heterocycles. The zero-order valence-corrected chi connectivity index (χ0v) is 12.2. The van der Waals surface area contributed by atoms with Crippen molar-refractivity contribution in [1.82, 2.24) is 0 Å². The maximum absolute atomic E-state index is 6.46. The van der Waals surface area contributed by atoms with Crippen molar-refractivity contribution < 1.29 is 0 Å². The van der Waals surface area contributed by atoms with Crippen molar-refractivity contribution in [3.05, 3.63) is 57.1 Å². The topological polar surface area (TPSA) is 26.0 Å². The van der Waals surface area contributed by atoms with Crippen LogP contribution in [0.1, 0.15) is 29.2 Å². The lowest BCUT2D eigenvalue weighted by Gasteiger charge is -2.14. The van der Waals surface area contributed by atoms with Gasteiger partial charge in [-0.05, 0) is 48.1 Å². The van der Waals surface area contributed by atoms with Crippen molar-refractivity contribution in [2.24, 2.45) is 5.73 Å². The van der Waals surface area contributed by atoms with Crippen LogP contribution in [-0.2, 0) is 6.42 Å². The molecule has 0 aromatic heterocycles. The first-order valence-electron chi connectivity index (χ1n) is 6.42. The molecule has 0 heterocycles. The van der Waals surface area contributed by atoms with Gasteiger partial charge in [0.2, 0.25) is 0 Å². The van der Waals surface area contributed by atoms with E-state index in [0.29, 0.717) is 5.02 Å². The minimum absolute atomic E-state index is 0.136. The molecule has 0 radical (unpaired) electrons. The van der Waals surface area contributed by atoms with Crippen molar-refractivity contribution in [1.29, 1.82) is 0 Å². The molecule has 2 aromatic rings. The number of fused-ring (bicyclic) bond motifs is 1. The smallest absolute Gasteiger partial charge is 0.0528 e. The van der Waals surface area contributed by atoms with Crippen LogP contribution in [0.15, 0.2) is 30.3 Å². The van der Waals surface area contributed by atoms with Gasteiger partial charge in [0.15, 0.2) is 0 Å². The standard InChI is InChI=1S/C16H15Cl2N/c1-9-5-7-13(17)15(16(9)18)12-4-2-3-11-10(12)6-8-14(11)19/h2-5,7,14H,6,8,19H2,1H3/t14-/m1/s1. The minimum Gasteiger partial charge on any atom is -0.324 e. The predicted octanol–water partition coefficient (Wildman–Crippen LogP) is 4.91. The number of halogens is 2. The molecule has 19 heavy (non-hydrogen) atoms. The normalized spacial score (nSPS) is 17.6. The van der Waals surface area contributed by atoms with E-state index in [9.17, 15) is 0 Å². The van der Waals surface area contributed by atoms with E-state index in [4.69, 9.17) is 28.9 Å². The number of nitrogens with two attached hydrogens (primary N) is 1. The third-order valence-corrected chi connectivity index (χ3v) is 4.67. The van der Waals surface area contributed by atoms with Crippen LogP contribution < -0.4 is 5.73 Å². The Bertz CT molecular complexity index is 649. The molecule has 0 saturated heterocycles. The molecular weight excluding hydrogens is 277 g/mol. The lowest BCUT2D eigenvalue weighted by molar-refractivity contribution is 0.713. The molecule has 3 rings (SSSR count). The highest BCUT2D eigenvalue weighted by Crippen LogP contribution is 2.42. The summed E-state index contributed by atoms with van der Waals surface area (Å²) in [5.41, 5.74) is 11.8. The molecule has 1 aliphatic rings. The second kappa shape index (κ2) is 4.82. The zero-order chi connectivity index (χ0) is 13.6. The first-order valence-corrected chi connectivity index (χ1v) is 7.17. The summed E-state index contributed by atoms with van der Waals surface area (Å²) >= 11 is 12.8. The SMILES string of the molecule is Cc1ccc(Cl)c(-c2cccc3c2CC[C@H]3N)c1Cl. The van der Waals surface area contributed by atoms with Crippen LogP contribution in [0, 0.1) is 6.92 Å². The van der Waals surface area contributed by atoms with Crippen molar-refractivity contribution >= 4 is 23.2 Å². The average molecular weight is 292 g/mol. The highest BCUT2D eigenvalue weighted by molar-refractivity contribution is 6.39. The van der Waals surface area contributed by atoms with Crippen LogP contribution in [0.2, 0.25) is 10.0 Å². The Hall–Kier alpha value is -1.02. The van der Waals surface area contributed by atoms with E-state index in [1.807, 2.05) is 25.1 Å². The van der Waals surface area contributed by atoms with Gasteiger partial charge in [0, 0.05) is 16.6 Å². The fraction of sp³-hybridized carbons (Fsp3) is 0.250. The lowest BCUT2D eigenvalue weighted by Crippen LogP contribution is -2.05. The van der Waals surface area contributed by atoms with Gasteiger partial charge in [-0.25, -0.2) is 0 Å². The summed E-state index contributed by atoms with van der Waals surface area (Å²) in [6.45, 7) is 2.00. The van der Waals surface area contributed by atoms with E-state index >= 15 is 0 Å². The molecule has 0 unspecified atom stereocenters. The Morgan fingerprint density at radius 2 is 1.95 bits per heavy atom. The highest BCUT2D eigenvalue weighted by atomic mass is 35.5. The first kappa shape index (κ1) is 13.0. The summed E-state index contributed by atoms with van der Waals surface area (Å²) in [5, 5.41) is 1.44. The summed E-state index contributed by atoms with van der Waals surface area (Å²) in [7, 11) is 0. The Morgan fingerprint density at radius 1 is 1.16 bits per heavy atom. The van der Waals surface area contributed by atoms with Gasteiger partial charge in [0.25, 0.3) is 0 Å². The van der Waals surface area contributed by atoms with Gasteiger partial charge in [-0.3, -0.25) is 0 Å². The highest BCUT2D eigenvalue weighted by Gasteiger charge is 2.23. The van der Waals surface area contributed by atoms with Crippen molar-refractivity contribution in [3.63, 3.8) is 0 Å². The quantitative estimate of drug-likeness (QED) is 0.793. The van der Waals surface area contributed by atoms with Crippen LogP contribution in [0.5, 0.6) is 0 Å².